The Kier molecular flexibility index (Phi) is 28.9. The summed E-state index contributed by atoms with van der Waals surface area (Å²) in [6.07, 6.45) is 30.8. The van der Waals surface area contributed by atoms with E-state index in [1.54, 1.807) is 6.08 Å². The quantitative estimate of drug-likeness (QED) is 0.0516. The van der Waals surface area contributed by atoms with Gasteiger partial charge < -0.3 is 20.6 Å². The minimum atomic E-state index is -1.09. The molecule has 0 spiro atoms. The fourth-order valence-corrected chi connectivity index (χ4v) is 5.25. The average molecular weight is 568 g/mol. The van der Waals surface area contributed by atoms with E-state index >= 15 is 0 Å². The minimum absolute atomic E-state index is 0.361. The van der Waals surface area contributed by atoms with Crippen molar-refractivity contribution in [1.29, 1.82) is 0 Å². The Morgan fingerprint density at radius 3 is 1.52 bits per heavy atom. The van der Waals surface area contributed by atoms with Crippen LogP contribution in [-0.2, 0) is 4.79 Å². The third-order valence-electron chi connectivity index (χ3n) is 8.06. The molecule has 0 unspecified atom stereocenters. The van der Waals surface area contributed by atoms with Gasteiger partial charge in [-0.25, -0.2) is 0 Å². The fraction of sp³-hybridized carbons (Fsp3) is 0.914. The van der Waals surface area contributed by atoms with Gasteiger partial charge in [0.1, 0.15) is 6.10 Å². The van der Waals surface area contributed by atoms with Crippen molar-refractivity contribution in [1.82, 2.24) is 5.32 Å². The highest BCUT2D eigenvalue weighted by atomic mass is 16.3. The molecule has 0 aromatic heterocycles. The molecule has 0 aromatic carbocycles. The van der Waals surface area contributed by atoms with Crippen LogP contribution in [0.15, 0.2) is 12.2 Å². The third-order valence-corrected chi connectivity index (χ3v) is 8.06. The summed E-state index contributed by atoms with van der Waals surface area (Å²) >= 11 is 0. The molecule has 0 aliphatic carbocycles. The summed E-state index contributed by atoms with van der Waals surface area (Å²) in [5, 5.41) is 32.9. The molecular formula is C35H69NO4. The summed E-state index contributed by atoms with van der Waals surface area (Å²) in [4.78, 5) is 12.3. The summed E-state index contributed by atoms with van der Waals surface area (Å²) in [6.45, 7) is 6.47. The van der Waals surface area contributed by atoms with Gasteiger partial charge in [-0.3, -0.25) is 4.79 Å². The van der Waals surface area contributed by atoms with Gasteiger partial charge in [0.25, 0.3) is 0 Å². The second kappa shape index (κ2) is 29.6. The maximum absolute atomic E-state index is 12.3. The first-order valence-electron chi connectivity index (χ1n) is 17.4. The Labute approximate surface area is 249 Å². The zero-order valence-electron chi connectivity index (χ0n) is 26.9. The van der Waals surface area contributed by atoms with Crippen molar-refractivity contribution in [3.8, 4) is 0 Å². The first-order valence-corrected chi connectivity index (χ1v) is 17.4. The first-order chi connectivity index (χ1) is 19.4. The Hall–Kier alpha value is -0.910. The molecule has 0 rings (SSSR count). The van der Waals surface area contributed by atoms with Crippen molar-refractivity contribution in [2.45, 2.75) is 193 Å². The Balaban J connectivity index is 3.76. The van der Waals surface area contributed by atoms with Gasteiger partial charge in [0, 0.05) is 0 Å². The molecule has 0 fully saturated rings. The monoisotopic (exact) mass is 568 g/mol. The largest absolute Gasteiger partial charge is 0.394 e. The molecule has 0 aromatic rings. The Morgan fingerprint density at radius 2 is 1.07 bits per heavy atom. The number of carbonyl (C=O) groups excluding carboxylic acids is 1. The first kappa shape index (κ1) is 39.1. The summed E-state index contributed by atoms with van der Waals surface area (Å²) in [5.41, 5.74) is 0. The standard InChI is InChI=1S/C35H69NO4/c1-4-5-6-7-8-9-10-11-12-13-16-20-23-26-29-34(39)35(40)36-32(30-37)33(38)28-25-22-19-17-14-15-18-21-24-27-31(2)3/h25,28,31-34,37-39H,4-24,26-27,29-30H2,1-3H3,(H,36,40)/b28-25+/t32-,33+,34+/m0/s1. The van der Waals surface area contributed by atoms with E-state index in [4.69, 9.17) is 0 Å². The number of aliphatic hydroxyl groups excluding tert-OH is 3. The number of hydrogen-bond acceptors (Lipinski definition) is 4. The molecule has 5 heteroatoms. The van der Waals surface area contributed by atoms with Gasteiger partial charge in [0.05, 0.1) is 18.8 Å². The molecule has 40 heavy (non-hydrogen) atoms. The van der Waals surface area contributed by atoms with E-state index in [-0.39, 0.29) is 6.61 Å². The molecule has 0 radical (unpaired) electrons. The van der Waals surface area contributed by atoms with Gasteiger partial charge in [0.15, 0.2) is 0 Å². The van der Waals surface area contributed by atoms with E-state index in [9.17, 15) is 20.1 Å². The van der Waals surface area contributed by atoms with Crippen LogP contribution in [0.4, 0.5) is 0 Å². The molecule has 0 aliphatic rings. The number of rotatable bonds is 30. The van der Waals surface area contributed by atoms with E-state index in [1.807, 2.05) is 6.08 Å². The Morgan fingerprint density at radius 1 is 0.650 bits per heavy atom. The maximum Gasteiger partial charge on any atom is 0.249 e. The van der Waals surface area contributed by atoms with Gasteiger partial charge in [-0.2, -0.15) is 0 Å². The zero-order chi connectivity index (χ0) is 29.7. The molecule has 1 amide bonds. The number of carbonyl (C=O) groups is 1. The number of allylic oxidation sites excluding steroid dienone is 1. The highest BCUT2D eigenvalue weighted by Gasteiger charge is 2.22. The van der Waals surface area contributed by atoms with Crippen molar-refractivity contribution in [3.63, 3.8) is 0 Å². The normalized spacial score (nSPS) is 14.2. The predicted octanol–water partition coefficient (Wildman–Crippen LogP) is 8.78. The molecule has 0 saturated carbocycles. The Bertz CT molecular complexity index is 566. The van der Waals surface area contributed by atoms with E-state index < -0.39 is 24.2 Å². The van der Waals surface area contributed by atoms with Crippen LogP contribution in [0.3, 0.4) is 0 Å². The lowest BCUT2D eigenvalue weighted by molar-refractivity contribution is -0.131. The lowest BCUT2D eigenvalue weighted by atomic mass is 10.0. The predicted molar refractivity (Wildman–Crippen MR) is 171 cm³/mol. The highest BCUT2D eigenvalue weighted by molar-refractivity contribution is 5.80. The summed E-state index contributed by atoms with van der Waals surface area (Å²) in [7, 11) is 0. The van der Waals surface area contributed by atoms with E-state index in [0.717, 1.165) is 38.0 Å². The van der Waals surface area contributed by atoms with Crippen LogP contribution in [0.1, 0.15) is 175 Å². The molecular weight excluding hydrogens is 498 g/mol. The van der Waals surface area contributed by atoms with Crippen molar-refractivity contribution in [3.05, 3.63) is 12.2 Å². The lowest BCUT2D eigenvalue weighted by Crippen LogP contribution is -2.48. The van der Waals surface area contributed by atoms with Crippen molar-refractivity contribution < 1.29 is 20.1 Å². The van der Waals surface area contributed by atoms with E-state index in [0.29, 0.717) is 6.42 Å². The smallest absolute Gasteiger partial charge is 0.249 e. The molecule has 0 aliphatic heterocycles. The molecule has 0 bridgehead atoms. The lowest BCUT2D eigenvalue weighted by Gasteiger charge is -2.21. The number of unbranched alkanes of at least 4 members (excludes halogenated alkanes) is 20. The number of amides is 1. The van der Waals surface area contributed by atoms with Gasteiger partial charge in [-0.1, -0.05) is 168 Å². The van der Waals surface area contributed by atoms with Crippen LogP contribution >= 0.6 is 0 Å². The van der Waals surface area contributed by atoms with E-state index in [2.05, 4.69) is 26.1 Å². The molecule has 5 nitrogen and oxygen atoms in total. The molecule has 0 heterocycles. The second-order valence-electron chi connectivity index (χ2n) is 12.6. The van der Waals surface area contributed by atoms with Gasteiger partial charge in [-0.05, 0) is 25.2 Å². The molecule has 0 saturated heterocycles. The summed E-state index contributed by atoms with van der Waals surface area (Å²) in [5.74, 6) is 0.305. The van der Waals surface area contributed by atoms with Crippen LogP contribution in [0, 0.1) is 5.92 Å². The van der Waals surface area contributed by atoms with Crippen LogP contribution in [0.2, 0.25) is 0 Å². The van der Waals surface area contributed by atoms with Crippen molar-refractivity contribution in [2.75, 3.05) is 6.61 Å². The molecule has 238 valence electrons. The summed E-state index contributed by atoms with van der Waals surface area (Å²) in [6, 6.07) is -0.791. The van der Waals surface area contributed by atoms with Gasteiger partial charge >= 0.3 is 0 Å². The van der Waals surface area contributed by atoms with Crippen LogP contribution in [0.5, 0.6) is 0 Å². The minimum Gasteiger partial charge on any atom is -0.394 e. The molecule has 4 N–H and O–H groups in total. The maximum atomic E-state index is 12.3. The SMILES string of the molecule is CCCCCCCCCCCCCCCC[C@@H](O)C(=O)N[C@@H](CO)[C@H](O)/C=C/CCCCCCCCCC(C)C. The zero-order valence-corrected chi connectivity index (χ0v) is 26.9. The average Bonchev–Trinajstić information content (AvgIpc) is 2.94. The van der Waals surface area contributed by atoms with Crippen LogP contribution in [0.25, 0.3) is 0 Å². The molecule has 3 atom stereocenters. The van der Waals surface area contributed by atoms with Crippen LogP contribution < -0.4 is 5.32 Å². The third kappa shape index (κ3) is 26.0. The number of aliphatic hydroxyl groups is 3. The van der Waals surface area contributed by atoms with E-state index in [1.165, 1.54) is 116 Å². The number of hydrogen-bond donors (Lipinski definition) is 4. The van der Waals surface area contributed by atoms with Gasteiger partial charge in [-0.15, -0.1) is 0 Å². The van der Waals surface area contributed by atoms with Gasteiger partial charge in [0.2, 0.25) is 5.91 Å². The summed E-state index contributed by atoms with van der Waals surface area (Å²) < 4.78 is 0. The number of nitrogens with one attached hydrogen (secondary N) is 1. The highest BCUT2D eigenvalue weighted by Crippen LogP contribution is 2.15. The topological polar surface area (TPSA) is 89.8 Å². The second-order valence-corrected chi connectivity index (χ2v) is 12.6. The fourth-order valence-electron chi connectivity index (χ4n) is 5.25. The van der Waals surface area contributed by atoms with Crippen molar-refractivity contribution in [2.24, 2.45) is 5.92 Å². The van der Waals surface area contributed by atoms with Crippen molar-refractivity contribution >= 4 is 5.91 Å². The van der Waals surface area contributed by atoms with Crippen LogP contribution in [-0.4, -0.2) is 46.1 Å².